The van der Waals surface area contributed by atoms with Crippen LogP contribution < -0.4 is 37.2 Å². The van der Waals surface area contributed by atoms with Crippen molar-refractivity contribution in [3.05, 3.63) is 47.2 Å². The minimum absolute atomic E-state index is 0. The van der Waals surface area contributed by atoms with Gasteiger partial charge in [0.2, 0.25) is 5.91 Å². The van der Waals surface area contributed by atoms with E-state index in [4.69, 9.17) is 5.73 Å². The summed E-state index contributed by atoms with van der Waals surface area (Å²) in [6.45, 7) is 10.9. The van der Waals surface area contributed by atoms with Crippen LogP contribution >= 0.6 is 0 Å². The first-order valence-electron chi connectivity index (χ1n) is 16.7. The summed E-state index contributed by atoms with van der Waals surface area (Å²) in [6.07, 6.45) is -0.971. The summed E-state index contributed by atoms with van der Waals surface area (Å²) >= 11 is 0. The fourth-order valence-corrected chi connectivity index (χ4v) is 10.3. The number of hydrogen-bond acceptors (Lipinski definition) is 8. The number of nitrogens with one attached hydrogen (secondary N) is 1. The Morgan fingerprint density at radius 3 is 2.35 bits per heavy atom. The molecule has 6 aliphatic heterocycles. The van der Waals surface area contributed by atoms with Gasteiger partial charge >= 0.3 is 10.2 Å². The number of carbonyl (C=O) groups excluding carboxylic acids is 3. The van der Waals surface area contributed by atoms with Gasteiger partial charge in [-0.05, 0) is 30.0 Å². The minimum Gasteiger partial charge on any atom is -1.00 e. The summed E-state index contributed by atoms with van der Waals surface area (Å²) < 4.78 is 32.1. The molecule has 0 aromatic heterocycles. The third kappa shape index (κ3) is 5.45. The maximum absolute atomic E-state index is 14.0. The van der Waals surface area contributed by atoms with Crippen LogP contribution in [0.25, 0.3) is 10.8 Å². The third-order valence-corrected chi connectivity index (χ3v) is 13.4. The van der Waals surface area contributed by atoms with Gasteiger partial charge in [-0.3, -0.25) is 13.9 Å². The molecule has 49 heavy (non-hydrogen) atoms. The number of carboxylic acid groups (broad SMARTS) is 1. The normalized spacial score (nSPS) is 30.2. The molecular weight excluding hydrogens is 674 g/mol. The van der Waals surface area contributed by atoms with Crippen LogP contribution in [0.5, 0.6) is 0 Å². The molecule has 0 spiro atoms. The highest BCUT2D eigenvalue weighted by Crippen LogP contribution is 2.50. The number of carboxylic acids is 1. The van der Waals surface area contributed by atoms with Gasteiger partial charge in [-0.1, -0.05) is 25.1 Å². The summed E-state index contributed by atoms with van der Waals surface area (Å²) in [6, 6.07) is 9.24. The maximum atomic E-state index is 14.0. The Bertz CT molecular complexity index is 1840. The highest BCUT2D eigenvalue weighted by Gasteiger charge is 2.59. The summed E-state index contributed by atoms with van der Waals surface area (Å²) in [5.74, 6) is -3.24. The number of rotatable bonds is 10. The molecule has 0 aliphatic carbocycles. The van der Waals surface area contributed by atoms with Crippen molar-refractivity contribution in [2.45, 2.75) is 32.5 Å². The number of halogens is 1. The van der Waals surface area contributed by atoms with E-state index in [1.165, 1.54) is 22.6 Å². The van der Waals surface area contributed by atoms with Gasteiger partial charge in [-0.2, -0.15) is 8.42 Å². The number of benzene rings is 2. The molecule has 8 rings (SSSR count). The van der Waals surface area contributed by atoms with E-state index in [1.807, 2.05) is 12.1 Å². The Balaban J connectivity index is 0.00000417. The summed E-state index contributed by atoms with van der Waals surface area (Å²) in [5, 5.41) is 27.1. The van der Waals surface area contributed by atoms with Gasteiger partial charge in [-0.15, -0.1) is 0 Å². The molecule has 16 heteroatoms. The van der Waals surface area contributed by atoms with E-state index < -0.39 is 46.1 Å². The number of fused-ring (bicyclic) bond motifs is 7. The van der Waals surface area contributed by atoms with Crippen molar-refractivity contribution in [2.75, 3.05) is 81.1 Å². The zero-order valence-electron chi connectivity index (χ0n) is 28.0. The molecule has 6 aliphatic rings. The van der Waals surface area contributed by atoms with Crippen molar-refractivity contribution in [1.82, 2.24) is 10.2 Å². The van der Waals surface area contributed by atoms with E-state index in [1.54, 1.807) is 13.0 Å². The second kappa shape index (κ2) is 12.4. The quantitative estimate of drug-likeness (QED) is 0.163. The van der Waals surface area contributed by atoms with E-state index >= 15 is 0 Å². The molecule has 266 valence electrons. The number of piperazine rings is 3. The number of aliphatic hydroxyl groups is 1. The van der Waals surface area contributed by atoms with Gasteiger partial charge < -0.3 is 52.3 Å². The molecule has 2 aromatic rings. The zero-order valence-corrected chi connectivity index (χ0v) is 29.5. The van der Waals surface area contributed by atoms with Crippen LogP contribution in [-0.4, -0.2) is 130 Å². The van der Waals surface area contributed by atoms with Crippen molar-refractivity contribution in [1.29, 1.82) is 0 Å². The van der Waals surface area contributed by atoms with Crippen molar-refractivity contribution in [3.63, 3.8) is 0 Å². The topological polar surface area (TPSA) is 176 Å². The first kappa shape index (κ1) is 35.4. The Morgan fingerprint density at radius 2 is 1.73 bits per heavy atom. The third-order valence-electron chi connectivity index (χ3n) is 11.7. The average Bonchev–Trinajstić information content (AvgIpc) is 3.40. The molecule has 2 aromatic carbocycles. The highest BCUT2D eigenvalue weighted by atomic mass is 35.5. The Morgan fingerprint density at radius 1 is 1.10 bits per heavy atom. The van der Waals surface area contributed by atoms with Gasteiger partial charge in [0, 0.05) is 37.0 Å². The number of β-lactam (4-membered cyclic amide) rings is 1. The zero-order chi connectivity index (χ0) is 34.3. The SMILES string of the molecule is C[C@@H](O)[C@H]1C(=O)N2C(C(=O)[O-])=C(CN3c4ccc5ccc(C[N+]67CC[N+](CC(=O)NCCN)(CC6)CC7)cc5c4N(C)S3(=O)=O)[C@H](C)[C@H]12.[Cl-]. The number of quaternary nitrogens is 2. The lowest BCUT2D eigenvalue weighted by atomic mass is 9.78. The van der Waals surface area contributed by atoms with Crippen LogP contribution in [-0.2, 0) is 31.1 Å². The Kier molecular flexibility index (Phi) is 8.94. The number of aliphatic hydroxyl groups excluding tert-OH is 1. The number of carbonyl (C=O) groups is 3. The van der Waals surface area contributed by atoms with E-state index in [9.17, 15) is 33.0 Å². The predicted molar refractivity (Wildman–Crippen MR) is 176 cm³/mol. The molecular formula is C33H44ClN7O7S. The van der Waals surface area contributed by atoms with Crippen molar-refractivity contribution < 1.29 is 54.4 Å². The molecule has 0 unspecified atom stereocenters. The van der Waals surface area contributed by atoms with Crippen LogP contribution in [0.15, 0.2) is 41.6 Å². The number of nitrogens with two attached hydrogens (primary N) is 1. The summed E-state index contributed by atoms with van der Waals surface area (Å²) in [4.78, 5) is 38.8. The van der Waals surface area contributed by atoms with Crippen molar-refractivity contribution >= 4 is 50.1 Å². The fraction of sp³-hybridized carbons (Fsp3) is 0.545. The average molecular weight is 718 g/mol. The number of amides is 2. The number of aliphatic carboxylic acids is 1. The van der Waals surface area contributed by atoms with E-state index in [2.05, 4.69) is 17.4 Å². The lowest BCUT2D eigenvalue weighted by Gasteiger charge is -2.55. The van der Waals surface area contributed by atoms with Crippen LogP contribution in [0.1, 0.15) is 19.4 Å². The van der Waals surface area contributed by atoms with Gasteiger partial charge in [0.15, 0.2) is 6.54 Å². The van der Waals surface area contributed by atoms with Crippen LogP contribution in [0.2, 0.25) is 0 Å². The molecule has 4 atom stereocenters. The van der Waals surface area contributed by atoms with Gasteiger partial charge in [0.1, 0.15) is 45.8 Å². The van der Waals surface area contributed by atoms with Crippen LogP contribution in [0.3, 0.4) is 0 Å². The van der Waals surface area contributed by atoms with Crippen molar-refractivity contribution in [3.8, 4) is 0 Å². The second-order valence-electron chi connectivity index (χ2n) is 14.4. The van der Waals surface area contributed by atoms with Gasteiger partial charge in [0.25, 0.3) is 5.91 Å². The second-order valence-corrected chi connectivity index (χ2v) is 16.2. The monoisotopic (exact) mass is 717 g/mol. The lowest BCUT2D eigenvalue weighted by molar-refractivity contribution is -1.08. The standard InChI is InChI=1S/C33H43N7O7S.ClH/c1-20-25(31(33(44)45)38-29(20)28(21(2)41)32(38)43)17-37-26-7-6-23-5-4-22(16-24(23)30(26)36(3)48(37,46)47)18-39-10-13-40(14-11-39,15-12-39)19-27(42)35-9-8-34;/h4-7,16,20-21,28-29,41H,8-15,17-19,34H2,1-3H3;1H/t20-,21+,28+,29+,39?,40?;/m0./s1. The van der Waals surface area contributed by atoms with Crippen molar-refractivity contribution in [2.24, 2.45) is 17.6 Å². The fourth-order valence-electron chi connectivity index (χ4n) is 8.90. The number of hydrogen-bond donors (Lipinski definition) is 3. The molecule has 14 nitrogen and oxygen atoms in total. The van der Waals surface area contributed by atoms with E-state index in [0.717, 1.165) is 76.0 Å². The maximum Gasteiger partial charge on any atom is 0.326 e. The van der Waals surface area contributed by atoms with E-state index in [-0.39, 0.29) is 36.1 Å². The Labute approximate surface area is 292 Å². The first-order valence-corrected chi connectivity index (χ1v) is 18.1. The van der Waals surface area contributed by atoms with Crippen LogP contribution in [0, 0.1) is 11.8 Å². The smallest absolute Gasteiger partial charge is 0.326 e. The molecule has 0 radical (unpaired) electrons. The minimum atomic E-state index is -4.09. The van der Waals surface area contributed by atoms with Gasteiger partial charge in [0.05, 0.1) is 47.6 Å². The predicted octanol–water partition coefficient (Wildman–Crippen LogP) is -4.56. The number of nitrogens with zero attached hydrogens (tertiary/aromatic N) is 5. The number of anilines is 2. The largest absolute Gasteiger partial charge is 1.00 e. The van der Waals surface area contributed by atoms with Gasteiger partial charge in [-0.25, -0.2) is 4.31 Å². The first-order chi connectivity index (χ1) is 22.7. The molecule has 4 fully saturated rings. The molecule has 4 N–H and O–H groups in total. The molecule has 2 bridgehead atoms. The summed E-state index contributed by atoms with van der Waals surface area (Å²) in [7, 11) is -2.58. The highest BCUT2D eigenvalue weighted by molar-refractivity contribution is 7.94. The lowest BCUT2D eigenvalue weighted by Crippen LogP contribution is -3.00. The van der Waals surface area contributed by atoms with E-state index in [0.29, 0.717) is 31.0 Å². The Hall–Kier alpha value is -3.47. The molecule has 6 heterocycles. The van der Waals surface area contributed by atoms with Crippen LogP contribution in [0.4, 0.5) is 11.4 Å². The molecule has 4 saturated heterocycles. The molecule has 0 saturated carbocycles. The summed E-state index contributed by atoms with van der Waals surface area (Å²) in [5.41, 5.74) is 7.58. The molecule has 2 amide bonds.